The monoisotopic (exact) mass is 343 g/mol. The molecule has 0 aliphatic rings. The Morgan fingerprint density at radius 3 is 1.88 bits per heavy atom. The Kier molecular flexibility index (Phi) is 5.85. The summed E-state index contributed by atoms with van der Waals surface area (Å²) in [5, 5.41) is 9.11. The summed E-state index contributed by atoms with van der Waals surface area (Å²) < 4.78 is 35.3. The molecule has 6 heteroatoms. The van der Waals surface area contributed by atoms with E-state index in [9.17, 15) is 4.39 Å². The minimum atomic E-state index is -0.928. The van der Waals surface area contributed by atoms with E-state index in [2.05, 4.69) is 0 Å². The van der Waals surface area contributed by atoms with Crippen molar-refractivity contribution in [1.29, 1.82) is 5.26 Å². The molecule has 0 aliphatic heterocycles. The molecule has 2 aromatic carbocycles. The molecular weight excluding hydrogens is 325 g/mol. The maximum atomic E-state index is 14.4. The van der Waals surface area contributed by atoms with Gasteiger partial charge in [-0.05, 0) is 35.4 Å². The number of ether oxygens (including phenoxy) is 4. The maximum absolute atomic E-state index is 14.4. The van der Waals surface area contributed by atoms with Crippen molar-refractivity contribution in [3.8, 4) is 29.1 Å². The number of nitrogens with zero attached hydrogens (tertiary/aromatic N) is 1. The fourth-order valence-electron chi connectivity index (χ4n) is 2.42. The number of halogens is 1. The van der Waals surface area contributed by atoms with Gasteiger partial charge in [0, 0.05) is 11.6 Å². The molecule has 0 heterocycles. The molecule has 0 fully saturated rings. The van der Waals surface area contributed by atoms with Crippen LogP contribution in [0.1, 0.15) is 11.1 Å². The van der Waals surface area contributed by atoms with E-state index in [1.807, 2.05) is 0 Å². The van der Waals surface area contributed by atoms with Crippen LogP contribution in [0.5, 0.6) is 23.0 Å². The van der Waals surface area contributed by atoms with Gasteiger partial charge in [-0.2, -0.15) is 9.65 Å². The van der Waals surface area contributed by atoms with Crippen LogP contribution in [0, 0.1) is 11.3 Å². The molecule has 5 nitrogen and oxygen atoms in total. The predicted molar refractivity (Wildman–Crippen MR) is 91.8 cm³/mol. The van der Waals surface area contributed by atoms with Crippen LogP contribution in [0.25, 0.3) is 5.57 Å². The summed E-state index contributed by atoms with van der Waals surface area (Å²) >= 11 is 0. The molecule has 0 unspecified atom stereocenters. The molecule has 0 spiro atoms. The van der Waals surface area contributed by atoms with E-state index in [0.29, 0.717) is 34.1 Å². The molecule has 0 saturated carbocycles. The van der Waals surface area contributed by atoms with Gasteiger partial charge >= 0.3 is 0 Å². The second-order valence-electron chi connectivity index (χ2n) is 4.97. The summed E-state index contributed by atoms with van der Waals surface area (Å²) in [4.78, 5) is 0. The van der Waals surface area contributed by atoms with E-state index >= 15 is 0 Å². The fraction of sp³-hybridized carbons (Fsp3) is 0.211. The average molecular weight is 343 g/mol. The molecule has 0 radical (unpaired) electrons. The number of allylic oxidation sites excluding steroid dienone is 1. The van der Waals surface area contributed by atoms with Crippen LogP contribution < -0.4 is 18.9 Å². The fourth-order valence-corrected chi connectivity index (χ4v) is 2.42. The number of methoxy groups -OCH3 is 4. The zero-order valence-electron chi connectivity index (χ0n) is 14.4. The summed E-state index contributed by atoms with van der Waals surface area (Å²) in [6.45, 7) is 0. The first-order valence-electron chi connectivity index (χ1n) is 7.33. The van der Waals surface area contributed by atoms with Crippen LogP contribution in [-0.4, -0.2) is 28.4 Å². The van der Waals surface area contributed by atoms with E-state index < -0.39 is 5.83 Å². The molecule has 0 aromatic heterocycles. The van der Waals surface area contributed by atoms with Crippen molar-refractivity contribution in [1.82, 2.24) is 0 Å². The maximum Gasteiger partial charge on any atom is 0.208 e. The third kappa shape index (κ3) is 3.83. The Labute approximate surface area is 145 Å². The van der Waals surface area contributed by atoms with Crippen molar-refractivity contribution in [2.75, 3.05) is 28.4 Å². The van der Waals surface area contributed by atoms with E-state index in [-0.39, 0.29) is 5.57 Å². The number of hydrogen-bond donors (Lipinski definition) is 0. The van der Waals surface area contributed by atoms with Gasteiger partial charge in [0.2, 0.25) is 5.83 Å². The highest BCUT2D eigenvalue weighted by Gasteiger charge is 2.17. The van der Waals surface area contributed by atoms with Gasteiger partial charge in [0.1, 0.15) is 17.6 Å². The highest BCUT2D eigenvalue weighted by atomic mass is 19.1. The third-order valence-corrected chi connectivity index (χ3v) is 3.63. The quantitative estimate of drug-likeness (QED) is 0.743. The van der Waals surface area contributed by atoms with Gasteiger partial charge in [0.05, 0.1) is 28.4 Å². The van der Waals surface area contributed by atoms with E-state index in [1.165, 1.54) is 28.4 Å². The van der Waals surface area contributed by atoms with Crippen LogP contribution in [0.4, 0.5) is 4.39 Å². The first-order chi connectivity index (χ1) is 12.1. The number of benzene rings is 2. The molecular formula is C19H18FNO4. The van der Waals surface area contributed by atoms with Gasteiger partial charge in [-0.15, -0.1) is 0 Å². The van der Waals surface area contributed by atoms with Crippen molar-refractivity contribution in [2.24, 2.45) is 0 Å². The molecule has 0 N–H and O–H groups in total. The Balaban J connectivity index is 2.70. The molecule has 25 heavy (non-hydrogen) atoms. The minimum Gasteiger partial charge on any atom is -0.497 e. The lowest BCUT2D eigenvalue weighted by atomic mass is 9.96. The standard InChI is InChI=1S/C19H18FNO4/c1-22-14-7-13(8-15(10-14)23-2)19(16(20)11-21)12-5-6-17(24-3)18(9-12)25-4/h5-10H,1-4H3/b19-16-. The van der Waals surface area contributed by atoms with Gasteiger partial charge in [-0.3, -0.25) is 0 Å². The molecule has 0 atom stereocenters. The van der Waals surface area contributed by atoms with Crippen LogP contribution >= 0.6 is 0 Å². The largest absolute Gasteiger partial charge is 0.497 e. The van der Waals surface area contributed by atoms with Gasteiger partial charge in [0.25, 0.3) is 0 Å². The first-order valence-corrected chi connectivity index (χ1v) is 7.33. The van der Waals surface area contributed by atoms with Crippen molar-refractivity contribution in [2.45, 2.75) is 0 Å². The summed E-state index contributed by atoms with van der Waals surface area (Å²) in [6.07, 6.45) is 0. The molecule has 0 aliphatic carbocycles. The van der Waals surface area contributed by atoms with Crippen molar-refractivity contribution in [3.05, 3.63) is 53.4 Å². The molecule has 2 rings (SSSR count). The van der Waals surface area contributed by atoms with Gasteiger partial charge in [-0.1, -0.05) is 6.07 Å². The molecule has 130 valence electrons. The van der Waals surface area contributed by atoms with E-state index in [4.69, 9.17) is 24.2 Å². The summed E-state index contributed by atoms with van der Waals surface area (Å²) in [5.74, 6) is 0.975. The van der Waals surface area contributed by atoms with Crippen LogP contribution in [0.3, 0.4) is 0 Å². The van der Waals surface area contributed by atoms with Gasteiger partial charge in [0.15, 0.2) is 11.5 Å². The predicted octanol–water partition coefficient (Wildman–Crippen LogP) is 3.97. The summed E-state index contributed by atoms with van der Waals surface area (Å²) in [7, 11) is 6.00. The number of nitriles is 1. The lowest BCUT2D eigenvalue weighted by Crippen LogP contribution is -1.97. The summed E-state index contributed by atoms with van der Waals surface area (Å²) in [5.41, 5.74) is 1.02. The SMILES string of the molecule is COc1cc(OC)cc(/C(=C(\F)C#N)c2ccc(OC)c(OC)c2)c1. The lowest BCUT2D eigenvalue weighted by Gasteiger charge is -2.14. The lowest BCUT2D eigenvalue weighted by molar-refractivity contribution is 0.355. The van der Waals surface area contributed by atoms with E-state index in [1.54, 1.807) is 42.5 Å². The Hall–Kier alpha value is -3.20. The van der Waals surface area contributed by atoms with Gasteiger partial charge in [-0.25, -0.2) is 0 Å². The molecule has 0 amide bonds. The smallest absolute Gasteiger partial charge is 0.208 e. The van der Waals surface area contributed by atoms with Crippen molar-refractivity contribution in [3.63, 3.8) is 0 Å². The van der Waals surface area contributed by atoms with Crippen LogP contribution in [0.2, 0.25) is 0 Å². The molecule has 2 aromatic rings. The highest BCUT2D eigenvalue weighted by molar-refractivity contribution is 5.85. The number of rotatable bonds is 6. The Morgan fingerprint density at radius 2 is 1.40 bits per heavy atom. The highest BCUT2D eigenvalue weighted by Crippen LogP contribution is 2.37. The summed E-state index contributed by atoms with van der Waals surface area (Å²) in [6, 6.07) is 11.4. The second kappa shape index (κ2) is 8.06. The minimum absolute atomic E-state index is 0.112. The Bertz CT molecular complexity index is 818. The van der Waals surface area contributed by atoms with Crippen LogP contribution in [0.15, 0.2) is 42.2 Å². The normalized spacial score (nSPS) is 11.2. The van der Waals surface area contributed by atoms with Crippen molar-refractivity contribution < 1.29 is 23.3 Å². The number of hydrogen-bond acceptors (Lipinski definition) is 5. The molecule has 0 saturated heterocycles. The zero-order chi connectivity index (χ0) is 18.4. The first kappa shape index (κ1) is 18.1. The average Bonchev–Trinajstić information content (AvgIpc) is 2.67. The van der Waals surface area contributed by atoms with Crippen molar-refractivity contribution >= 4 is 5.57 Å². The molecule has 0 bridgehead atoms. The van der Waals surface area contributed by atoms with Gasteiger partial charge < -0.3 is 18.9 Å². The zero-order valence-corrected chi connectivity index (χ0v) is 14.4. The second-order valence-corrected chi connectivity index (χ2v) is 4.97. The third-order valence-electron chi connectivity index (χ3n) is 3.63. The topological polar surface area (TPSA) is 60.7 Å². The van der Waals surface area contributed by atoms with Crippen LogP contribution in [-0.2, 0) is 0 Å². The van der Waals surface area contributed by atoms with E-state index in [0.717, 1.165) is 0 Å². The Morgan fingerprint density at radius 1 is 0.800 bits per heavy atom.